The Kier molecular flexibility index (Phi) is 10.9. The summed E-state index contributed by atoms with van der Waals surface area (Å²) in [6, 6.07) is 9.55. The van der Waals surface area contributed by atoms with Crippen molar-refractivity contribution in [2.45, 2.75) is 64.8 Å². The van der Waals surface area contributed by atoms with Gasteiger partial charge in [0.05, 0.1) is 18.0 Å². The number of amides is 1. The lowest BCUT2D eigenvalue weighted by molar-refractivity contribution is -0.146. The Balaban J connectivity index is 0.000000205. The minimum Gasteiger partial charge on any atom is -0.393 e. The number of hydrogen-bond acceptors (Lipinski definition) is 6. The number of fused-ring (bicyclic) bond motifs is 1. The normalized spacial score (nSPS) is 20.1. The lowest BCUT2D eigenvalue weighted by Gasteiger charge is -2.47. The van der Waals surface area contributed by atoms with Crippen molar-refractivity contribution in [2.75, 3.05) is 26.7 Å². The van der Waals surface area contributed by atoms with Crippen molar-refractivity contribution < 1.29 is 27.9 Å². The number of carbonyl (C=O) groups is 2. The van der Waals surface area contributed by atoms with Crippen LogP contribution in [0.2, 0.25) is 5.02 Å². The second-order valence-electron chi connectivity index (χ2n) is 11.3. The number of rotatable bonds is 4. The van der Waals surface area contributed by atoms with E-state index in [1.54, 1.807) is 10.7 Å². The van der Waals surface area contributed by atoms with Crippen LogP contribution in [0.3, 0.4) is 0 Å². The molecule has 1 aliphatic heterocycles. The van der Waals surface area contributed by atoms with Crippen LogP contribution in [0.4, 0.5) is 13.2 Å². The van der Waals surface area contributed by atoms with Crippen molar-refractivity contribution in [1.29, 1.82) is 0 Å². The fourth-order valence-corrected chi connectivity index (χ4v) is 4.86. The number of carbonyl (C=O) groups excluding carboxylic acids is 2. The highest BCUT2D eigenvalue weighted by Crippen LogP contribution is 2.31. The third-order valence-corrected chi connectivity index (χ3v) is 7.70. The summed E-state index contributed by atoms with van der Waals surface area (Å²) in [5.74, 6) is 0.601. The maximum Gasteiger partial charge on any atom is 0.379 e. The van der Waals surface area contributed by atoms with Gasteiger partial charge < -0.3 is 10.0 Å². The molecular formula is C29H37ClF3N5O3. The van der Waals surface area contributed by atoms with Gasteiger partial charge in [0.2, 0.25) is 5.91 Å². The molecular weight excluding hydrogens is 559 g/mol. The summed E-state index contributed by atoms with van der Waals surface area (Å²) in [6.07, 6.45) is 3.46. The average molecular weight is 596 g/mol. The third kappa shape index (κ3) is 8.50. The number of imidazole rings is 1. The van der Waals surface area contributed by atoms with Gasteiger partial charge in [0, 0.05) is 47.2 Å². The molecule has 0 bridgehead atoms. The van der Waals surface area contributed by atoms with E-state index in [1.165, 1.54) is 0 Å². The predicted octanol–water partition coefficient (Wildman–Crippen LogP) is 5.47. The van der Waals surface area contributed by atoms with E-state index in [1.807, 2.05) is 35.2 Å². The number of aliphatic hydroxyl groups excluding tert-OH is 1. The Labute approximate surface area is 243 Å². The highest BCUT2D eigenvalue weighted by Gasteiger charge is 2.39. The Hall–Kier alpha value is -3.02. The maximum atomic E-state index is 12.1. The van der Waals surface area contributed by atoms with Gasteiger partial charge in [0.15, 0.2) is 11.9 Å². The first-order valence-corrected chi connectivity index (χ1v) is 13.8. The van der Waals surface area contributed by atoms with Gasteiger partial charge in [0.25, 0.3) is 0 Å². The second kappa shape index (κ2) is 13.8. The first kappa shape index (κ1) is 32.5. The van der Waals surface area contributed by atoms with Gasteiger partial charge in [-0.15, -0.1) is 0 Å². The molecule has 12 heteroatoms. The number of aldehydes is 1. The highest BCUT2D eigenvalue weighted by molar-refractivity contribution is 6.30. The van der Waals surface area contributed by atoms with E-state index >= 15 is 0 Å². The molecule has 1 amide bonds. The SMILES string of the molecule is CC(C)c1cc(-c2ccc(Cl)cc2)nn2cc(C=O)nc12.CN1CCN(C(=O)C2CC(O)C2)CC1(C)C.FC(F)F. The molecule has 3 heterocycles. The Morgan fingerprint density at radius 1 is 1.15 bits per heavy atom. The van der Waals surface area contributed by atoms with Gasteiger partial charge in [-0.1, -0.05) is 37.6 Å². The van der Waals surface area contributed by atoms with E-state index in [2.05, 4.69) is 49.7 Å². The van der Waals surface area contributed by atoms with Crippen LogP contribution in [0.1, 0.15) is 62.5 Å². The lowest BCUT2D eigenvalue weighted by Crippen LogP contribution is -2.60. The number of hydrogen-bond donors (Lipinski definition) is 1. The van der Waals surface area contributed by atoms with E-state index < -0.39 is 6.68 Å². The zero-order valence-electron chi connectivity index (χ0n) is 23.9. The minimum absolute atomic E-state index is 0.0657. The number of benzene rings is 1. The van der Waals surface area contributed by atoms with Crippen LogP contribution in [0, 0.1) is 5.92 Å². The van der Waals surface area contributed by atoms with Crippen molar-refractivity contribution in [2.24, 2.45) is 5.92 Å². The predicted molar refractivity (Wildman–Crippen MR) is 152 cm³/mol. The number of aliphatic hydroxyl groups is 1. The number of nitrogens with zero attached hydrogens (tertiary/aromatic N) is 5. The molecule has 8 nitrogen and oxygen atoms in total. The summed E-state index contributed by atoms with van der Waals surface area (Å²) >= 11 is 5.92. The highest BCUT2D eigenvalue weighted by atomic mass is 35.5. The molecule has 1 aliphatic carbocycles. The summed E-state index contributed by atoms with van der Waals surface area (Å²) in [5.41, 5.74) is 4.05. The van der Waals surface area contributed by atoms with Crippen LogP contribution in [0.25, 0.3) is 16.9 Å². The second-order valence-corrected chi connectivity index (χ2v) is 11.7. The lowest BCUT2D eigenvalue weighted by atomic mass is 9.81. The van der Waals surface area contributed by atoms with Crippen LogP contribution in [0.5, 0.6) is 0 Å². The summed E-state index contributed by atoms with van der Waals surface area (Å²) in [5, 5.41) is 14.5. The fourth-order valence-electron chi connectivity index (χ4n) is 4.74. The summed E-state index contributed by atoms with van der Waals surface area (Å²) in [6.45, 7) is 7.42. The smallest absolute Gasteiger partial charge is 0.379 e. The standard InChI is InChI=1S/C16H14ClN3O.C12H22N2O2.CHF3/c1-10(2)14-7-15(11-3-5-12(17)6-4-11)19-20-8-13(9-21)18-16(14)20;1-12(2)8-14(5-4-13(12)3)11(16)9-6-10(15)7-9;2-1(3)4/h3-10H,1-2H3;9-10,15H,4-8H2,1-3H3;1H. The Bertz CT molecular complexity index is 1320. The molecule has 41 heavy (non-hydrogen) atoms. The molecule has 1 aromatic carbocycles. The number of aromatic nitrogens is 3. The molecule has 0 spiro atoms. The monoisotopic (exact) mass is 595 g/mol. The Morgan fingerprint density at radius 3 is 2.27 bits per heavy atom. The van der Waals surface area contributed by atoms with Gasteiger partial charge in [-0.3, -0.25) is 14.5 Å². The molecule has 2 aromatic heterocycles. The number of alkyl halides is 3. The van der Waals surface area contributed by atoms with Gasteiger partial charge in [-0.2, -0.15) is 18.3 Å². The van der Waals surface area contributed by atoms with Crippen molar-refractivity contribution >= 4 is 29.4 Å². The van der Waals surface area contributed by atoms with Gasteiger partial charge in [-0.05, 0) is 57.9 Å². The molecule has 1 saturated carbocycles. The molecule has 5 rings (SSSR count). The third-order valence-electron chi connectivity index (χ3n) is 7.45. The molecule has 224 valence electrons. The van der Waals surface area contributed by atoms with Crippen LogP contribution in [0.15, 0.2) is 36.5 Å². The molecule has 2 aliphatic rings. The van der Waals surface area contributed by atoms with Crippen LogP contribution in [-0.2, 0) is 4.79 Å². The number of halogens is 4. The van der Waals surface area contributed by atoms with Crippen LogP contribution in [-0.4, -0.2) is 86.7 Å². The van der Waals surface area contributed by atoms with Crippen molar-refractivity contribution in [3.63, 3.8) is 0 Å². The molecule has 1 saturated heterocycles. The summed E-state index contributed by atoms with van der Waals surface area (Å²) < 4.78 is 30.7. The average Bonchev–Trinajstić information content (AvgIpc) is 3.31. The molecule has 2 fully saturated rings. The Morgan fingerprint density at radius 2 is 1.76 bits per heavy atom. The summed E-state index contributed by atoms with van der Waals surface area (Å²) in [7, 11) is 2.11. The first-order valence-electron chi connectivity index (χ1n) is 13.4. The van der Waals surface area contributed by atoms with Crippen LogP contribution >= 0.6 is 11.6 Å². The molecule has 0 radical (unpaired) electrons. The number of piperazine rings is 1. The van der Waals surface area contributed by atoms with Crippen molar-refractivity contribution in [1.82, 2.24) is 24.4 Å². The van der Waals surface area contributed by atoms with Gasteiger partial charge >= 0.3 is 6.68 Å². The quantitative estimate of drug-likeness (QED) is 0.402. The van der Waals surface area contributed by atoms with E-state index in [0.717, 1.165) is 48.4 Å². The molecule has 3 aromatic rings. The van der Waals surface area contributed by atoms with Gasteiger partial charge in [0.1, 0.15) is 5.69 Å². The van der Waals surface area contributed by atoms with Crippen LogP contribution < -0.4 is 0 Å². The molecule has 0 atom stereocenters. The molecule has 1 N–H and O–H groups in total. The maximum absolute atomic E-state index is 12.1. The number of likely N-dealkylation sites (N-methyl/N-ethyl adjacent to an activating group) is 1. The zero-order chi connectivity index (χ0) is 30.5. The van der Waals surface area contributed by atoms with E-state index in [-0.39, 0.29) is 29.4 Å². The van der Waals surface area contributed by atoms with E-state index in [0.29, 0.717) is 23.6 Å². The topological polar surface area (TPSA) is 91.0 Å². The zero-order valence-corrected chi connectivity index (χ0v) is 24.7. The minimum atomic E-state index is -3.67. The van der Waals surface area contributed by atoms with Crippen molar-refractivity contribution in [3.8, 4) is 11.3 Å². The largest absolute Gasteiger partial charge is 0.393 e. The first-order chi connectivity index (χ1) is 19.2. The van der Waals surface area contributed by atoms with Gasteiger partial charge in [-0.25, -0.2) is 9.50 Å². The summed E-state index contributed by atoms with van der Waals surface area (Å²) in [4.78, 5) is 31.6. The fraction of sp³-hybridized carbons (Fsp3) is 0.517. The van der Waals surface area contributed by atoms with E-state index in [9.17, 15) is 27.9 Å². The molecule has 0 unspecified atom stereocenters. The van der Waals surface area contributed by atoms with E-state index in [4.69, 9.17) is 11.6 Å². The van der Waals surface area contributed by atoms with Crippen molar-refractivity contribution in [3.05, 3.63) is 52.8 Å².